The summed E-state index contributed by atoms with van der Waals surface area (Å²) in [7, 11) is -1.24. The van der Waals surface area contributed by atoms with Gasteiger partial charge < -0.3 is 9.73 Å². The molecule has 1 aromatic heterocycles. The number of amides is 1. The van der Waals surface area contributed by atoms with Crippen LogP contribution in [0.4, 0.5) is 0 Å². The predicted octanol–water partition coefficient (Wildman–Crippen LogP) is 1.44. The number of carbonyl (C=O) groups is 1. The van der Waals surface area contributed by atoms with Crippen molar-refractivity contribution >= 4 is 28.3 Å². The van der Waals surface area contributed by atoms with Gasteiger partial charge in [-0.2, -0.15) is 0 Å². The first-order valence-corrected chi connectivity index (χ1v) is 7.09. The highest BCUT2D eigenvalue weighted by molar-refractivity contribution is 7.84. The van der Waals surface area contributed by atoms with Crippen LogP contribution in [-0.2, 0) is 21.3 Å². The third-order valence-electron chi connectivity index (χ3n) is 1.85. The monoisotopic (exact) mass is 275 g/mol. The third-order valence-corrected chi connectivity index (χ3v) is 3.22. The van der Waals surface area contributed by atoms with Crippen molar-refractivity contribution in [3.05, 3.63) is 36.3 Å². The summed E-state index contributed by atoms with van der Waals surface area (Å²) < 4.78 is 16.6. The summed E-state index contributed by atoms with van der Waals surface area (Å²) in [6.45, 7) is 0.406. The maximum Gasteiger partial charge on any atom is 0.232 e. The first-order valence-electron chi connectivity index (χ1n) is 5.07. The lowest BCUT2D eigenvalue weighted by atomic mass is 10.5. The van der Waals surface area contributed by atoms with Crippen LogP contribution < -0.4 is 5.32 Å². The standard InChI is InChI=1S/C11H14ClNO3S/c12-5-1-2-6-13-11(14)9-17(15)8-10-4-3-7-16-10/h1-4,7H,5-6,8-9H2,(H,13,14)/b2-1+. The number of hydrogen-bond donors (Lipinski definition) is 1. The van der Waals surface area contributed by atoms with Crippen molar-refractivity contribution in [3.63, 3.8) is 0 Å². The molecule has 0 saturated carbocycles. The van der Waals surface area contributed by atoms with E-state index in [2.05, 4.69) is 5.32 Å². The van der Waals surface area contributed by atoms with Crippen molar-refractivity contribution in [2.45, 2.75) is 5.75 Å². The lowest BCUT2D eigenvalue weighted by Gasteiger charge is -2.01. The van der Waals surface area contributed by atoms with Gasteiger partial charge in [-0.15, -0.1) is 11.6 Å². The number of rotatable bonds is 7. The van der Waals surface area contributed by atoms with E-state index in [-0.39, 0.29) is 17.4 Å². The molecular formula is C11H14ClNO3S. The summed E-state index contributed by atoms with van der Waals surface area (Å²) in [4.78, 5) is 11.3. The van der Waals surface area contributed by atoms with E-state index in [1.807, 2.05) is 0 Å². The van der Waals surface area contributed by atoms with E-state index in [4.69, 9.17) is 16.0 Å². The highest BCUT2D eigenvalue weighted by Crippen LogP contribution is 2.03. The van der Waals surface area contributed by atoms with Crippen molar-refractivity contribution in [1.82, 2.24) is 5.32 Å². The highest BCUT2D eigenvalue weighted by atomic mass is 35.5. The molecule has 94 valence electrons. The van der Waals surface area contributed by atoms with Crippen LogP contribution >= 0.6 is 11.6 Å². The normalized spacial score (nSPS) is 12.8. The fourth-order valence-corrected chi connectivity index (χ4v) is 2.22. The van der Waals surface area contributed by atoms with Gasteiger partial charge in [0, 0.05) is 23.2 Å². The van der Waals surface area contributed by atoms with Crippen LogP contribution in [0.15, 0.2) is 35.0 Å². The number of carbonyl (C=O) groups excluding carboxylic acids is 1. The van der Waals surface area contributed by atoms with Gasteiger partial charge in [-0.25, -0.2) is 0 Å². The van der Waals surface area contributed by atoms with Crippen molar-refractivity contribution in [1.29, 1.82) is 0 Å². The number of furan rings is 1. The van der Waals surface area contributed by atoms with Gasteiger partial charge in [-0.05, 0) is 12.1 Å². The van der Waals surface area contributed by atoms with Crippen molar-refractivity contribution in [3.8, 4) is 0 Å². The minimum Gasteiger partial charge on any atom is -0.468 e. The highest BCUT2D eigenvalue weighted by Gasteiger charge is 2.09. The van der Waals surface area contributed by atoms with Gasteiger partial charge >= 0.3 is 0 Å². The van der Waals surface area contributed by atoms with Crippen LogP contribution in [0.1, 0.15) is 5.76 Å². The number of allylic oxidation sites excluding steroid dienone is 1. The minimum atomic E-state index is -1.24. The molecule has 0 radical (unpaired) electrons. The molecule has 1 unspecified atom stereocenters. The first-order chi connectivity index (χ1) is 8.22. The fourth-order valence-electron chi connectivity index (χ4n) is 1.12. The quantitative estimate of drug-likeness (QED) is 0.605. The molecule has 0 aliphatic carbocycles. The SMILES string of the molecule is O=C(CS(=O)Cc1ccco1)NC/C=C/CCl. The third kappa shape index (κ3) is 6.28. The molecule has 0 fully saturated rings. The Kier molecular flexibility index (Phi) is 6.65. The van der Waals surface area contributed by atoms with Gasteiger partial charge in [-0.3, -0.25) is 9.00 Å². The van der Waals surface area contributed by atoms with E-state index in [1.54, 1.807) is 24.3 Å². The lowest BCUT2D eigenvalue weighted by molar-refractivity contribution is -0.118. The molecule has 1 atom stereocenters. The van der Waals surface area contributed by atoms with Crippen LogP contribution in [0, 0.1) is 0 Å². The fraction of sp³-hybridized carbons (Fsp3) is 0.364. The van der Waals surface area contributed by atoms with Crippen LogP contribution in [0.3, 0.4) is 0 Å². The number of halogens is 1. The van der Waals surface area contributed by atoms with Gasteiger partial charge in [0.15, 0.2) is 0 Å². The molecule has 1 amide bonds. The van der Waals surface area contributed by atoms with Gasteiger partial charge in [0.1, 0.15) is 11.5 Å². The molecule has 0 aliphatic rings. The van der Waals surface area contributed by atoms with Crippen LogP contribution in [0.5, 0.6) is 0 Å². The Hall–Kier alpha value is -1.07. The Morgan fingerprint density at radius 1 is 1.53 bits per heavy atom. The van der Waals surface area contributed by atoms with E-state index in [1.165, 1.54) is 6.26 Å². The molecule has 17 heavy (non-hydrogen) atoms. The molecule has 0 spiro atoms. The maximum absolute atomic E-state index is 11.6. The molecule has 1 rings (SSSR count). The Bertz CT molecular complexity index is 389. The number of alkyl halides is 1. The van der Waals surface area contributed by atoms with E-state index >= 15 is 0 Å². The Morgan fingerprint density at radius 3 is 3.00 bits per heavy atom. The van der Waals surface area contributed by atoms with E-state index in [0.717, 1.165) is 0 Å². The topological polar surface area (TPSA) is 59.3 Å². The molecule has 0 aliphatic heterocycles. The average Bonchev–Trinajstić information content (AvgIpc) is 2.77. The number of hydrogen-bond acceptors (Lipinski definition) is 3. The zero-order valence-corrected chi connectivity index (χ0v) is 10.8. The van der Waals surface area contributed by atoms with Crippen molar-refractivity contribution in [2.75, 3.05) is 18.2 Å². The minimum absolute atomic E-state index is 0.0184. The van der Waals surface area contributed by atoms with E-state index < -0.39 is 10.8 Å². The second kappa shape index (κ2) is 8.08. The largest absolute Gasteiger partial charge is 0.468 e. The molecule has 1 N–H and O–H groups in total. The van der Waals surface area contributed by atoms with Crippen molar-refractivity contribution < 1.29 is 13.4 Å². The first kappa shape index (κ1) is 14.0. The summed E-state index contributed by atoms with van der Waals surface area (Å²) >= 11 is 5.42. The molecule has 4 nitrogen and oxygen atoms in total. The molecule has 0 bridgehead atoms. The zero-order valence-electron chi connectivity index (χ0n) is 9.23. The predicted molar refractivity (Wildman–Crippen MR) is 68.3 cm³/mol. The van der Waals surface area contributed by atoms with Crippen LogP contribution in [0.2, 0.25) is 0 Å². The van der Waals surface area contributed by atoms with Crippen molar-refractivity contribution in [2.24, 2.45) is 0 Å². The van der Waals surface area contributed by atoms with E-state index in [9.17, 15) is 9.00 Å². The molecule has 0 saturated heterocycles. The number of nitrogens with one attached hydrogen (secondary N) is 1. The molecule has 1 heterocycles. The van der Waals surface area contributed by atoms with Gasteiger partial charge in [-0.1, -0.05) is 12.2 Å². The summed E-state index contributed by atoms with van der Waals surface area (Å²) in [6, 6.07) is 3.46. The maximum atomic E-state index is 11.6. The van der Waals surface area contributed by atoms with Gasteiger partial charge in [0.2, 0.25) is 5.91 Å². The Balaban J connectivity index is 2.22. The lowest BCUT2D eigenvalue weighted by Crippen LogP contribution is -2.28. The van der Waals surface area contributed by atoms with Crippen LogP contribution in [0.25, 0.3) is 0 Å². The Labute approximate surface area is 107 Å². The average molecular weight is 276 g/mol. The summed E-state index contributed by atoms with van der Waals surface area (Å²) in [5.41, 5.74) is 0. The second-order valence-electron chi connectivity index (χ2n) is 3.24. The molecular weight excluding hydrogens is 262 g/mol. The smallest absolute Gasteiger partial charge is 0.232 e. The molecule has 0 aromatic carbocycles. The summed E-state index contributed by atoms with van der Waals surface area (Å²) in [6.07, 6.45) is 5.01. The van der Waals surface area contributed by atoms with E-state index in [0.29, 0.717) is 18.2 Å². The van der Waals surface area contributed by atoms with Crippen LogP contribution in [-0.4, -0.2) is 28.3 Å². The summed E-state index contributed by atoms with van der Waals surface area (Å²) in [5.74, 6) is 1.04. The Morgan fingerprint density at radius 2 is 2.35 bits per heavy atom. The van der Waals surface area contributed by atoms with Gasteiger partial charge in [0.05, 0.1) is 12.0 Å². The summed E-state index contributed by atoms with van der Waals surface area (Å²) in [5, 5.41) is 2.62. The second-order valence-corrected chi connectivity index (χ2v) is 5.00. The zero-order chi connectivity index (χ0) is 12.5. The molecule has 6 heteroatoms. The molecule has 1 aromatic rings. The van der Waals surface area contributed by atoms with Gasteiger partial charge in [0.25, 0.3) is 0 Å².